The molecule has 0 saturated heterocycles. The van der Waals surface area contributed by atoms with Gasteiger partial charge < -0.3 is 24.5 Å². The van der Waals surface area contributed by atoms with E-state index in [4.69, 9.17) is 13.9 Å². The van der Waals surface area contributed by atoms with Crippen molar-refractivity contribution in [2.24, 2.45) is 0 Å². The predicted molar refractivity (Wildman–Crippen MR) is 143 cm³/mol. The van der Waals surface area contributed by atoms with Crippen molar-refractivity contribution in [1.82, 2.24) is 20.2 Å². The van der Waals surface area contributed by atoms with Crippen molar-refractivity contribution in [1.29, 1.82) is 0 Å². The number of carbonyl (C=O) groups is 1. The summed E-state index contributed by atoms with van der Waals surface area (Å²) in [5.41, 5.74) is 6.19. The standard InChI is InChI=1S/C28H26N6O4/c1-3-38-28-25(9-17(12-29-28)26-13-37-15-31-26)32-27-19-6-4-16(8-24(19)33-34-27)20-11-21(20)22-10-18(36-2)5-7-23(22)30-14-35/h4-10,12-15,20-21H,3,11H2,1-2H3,(H,30,35)(H2,32,33,34). The van der Waals surface area contributed by atoms with Gasteiger partial charge in [0.25, 0.3) is 0 Å². The highest BCUT2D eigenvalue weighted by atomic mass is 16.5. The Bertz CT molecular complexity index is 1600. The van der Waals surface area contributed by atoms with Crippen LogP contribution in [-0.4, -0.2) is 40.3 Å². The summed E-state index contributed by atoms with van der Waals surface area (Å²) in [4.78, 5) is 19.8. The molecular formula is C28H26N6O4. The maximum absolute atomic E-state index is 11.1. The lowest BCUT2D eigenvalue weighted by Gasteiger charge is -2.11. The number of rotatable bonds is 10. The molecule has 1 saturated carbocycles. The average Bonchev–Trinajstić information content (AvgIpc) is 3.34. The van der Waals surface area contributed by atoms with Gasteiger partial charge in [-0.3, -0.25) is 9.89 Å². The summed E-state index contributed by atoms with van der Waals surface area (Å²) < 4.78 is 16.3. The molecule has 38 heavy (non-hydrogen) atoms. The number of hydrogen-bond acceptors (Lipinski definition) is 8. The molecular weight excluding hydrogens is 484 g/mol. The topological polar surface area (TPSA) is 127 Å². The predicted octanol–water partition coefficient (Wildman–Crippen LogP) is 5.60. The van der Waals surface area contributed by atoms with Gasteiger partial charge in [-0.25, -0.2) is 9.97 Å². The second-order valence-corrected chi connectivity index (χ2v) is 9.05. The van der Waals surface area contributed by atoms with E-state index in [1.807, 2.05) is 31.2 Å². The summed E-state index contributed by atoms with van der Waals surface area (Å²) >= 11 is 0. The van der Waals surface area contributed by atoms with Crippen LogP contribution in [0.15, 0.2) is 65.7 Å². The van der Waals surface area contributed by atoms with Crippen molar-refractivity contribution in [2.45, 2.75) is 25.2 Å². The van der Waals surface area contributed by atoms with Crippen LogP contribution in [-0.2, 0) is 4.79 Å². The molecule has 3 heterocycles. The van der Waals surface area contributed by atoms with E-state index < -0.39 is 0 Å². The van der Waals surface area contributed by atoms with Crippen molar-refractivity contribution in [2.75, 3.05) is 24.4 Å². The highest BCUT2D eigenvalue weighted by molar-refractivity contribution is 5.92. The molecule has 10 heteroatoms. The third kappa shape index (κ3) is 4.40. The molecule has 1 aliphatic carbocycles. The first-order chi connectivity index (χ1) is 18.7. The lowest BCUT2D eigenvalue weighted by atomic mass is 10.0. The van der Waals surface area contributed by atoms with Gasteiger partial charge in [-0.15, -0.1) is 0 Å². The average molecular weight is 511 g/mol. The number of ether oxygens (including phenoxy) is 2. The van der Waals surface area contributed by atoms with Crippen molar-refractivity contribution in [3.8, 4) is 22.9 Å². The van der Waals surface area contributed by atoms with Gasteiger partial charge in [-0.1, -0.05) is 6.07 Å². The molecule has 0 bridgehead atoms. The van der Waals surface area contributed by atoms with E-state index in [1.165, 1.54) is 12.0 Å². The Kier molecular flexibility index (Phi) is 6.12. The van der Waals surface area contributed by atoms with E-state index >= 15 is 0 Å². The second-order valence-electron chi connectivity index (χ2n) is 9.05. The van der Waals surface area contributed by atoms with Crippen LogP contribution >= 0.6 is 0 Å². The monoisotopic (exact) mass is 510 g/mol. The van der Waals surface area contributed by atoms with E-state index in [1.54, 1.807) is 19.6 Å². The molecule has 1 aliphatic rings. The summed E-state index contributed by atoms with van der Waals surface area (Å²) in [5, 5.41) is 14.8. The van der Waals surface area contributed by atoms with Crippen molar-refractivity contribution in [3.63, 3.8) is 0 Å². The number of hydrogen-bond donors (Lipinski definition) is 3. The van der Waals surface area contributed by atoms with E-state index in [2.05, 4.69) is 49.0 Å². The number of anilines is 3. The lowest BCUT2D eigenvalue weighted by molar-refractivity contribution is -0.105. The van der Waals surface area contributed by atoms with Crippen LogP contribution in [0.2, 0.25) is 0 Å². The molecule has 192 valence electrons. The first-order valence-electron chi connectivity index (χ1n) is 12.3. The molecule has 2 aromatic carbocycles. The fraction of sp³-hybridized carbons (Fsp3) is 0.214. The Morgan fingerprint density at radius 1 is 1.13 bits per heavy atom. The first kappa shape index (κ1) is 23.5. The Balaban J connectivity index is 1.27. The van der Waals surface area contributed by atoms with E-state index in [-0.39, 0.29) is 0 Å². The second kappa shape index (κ2) is 9.89. The third-order valence-corrected chi connectivity index (χ3v) is 6.79. The minimum atomic E-state index is 0.296. The number of oxazole rings is 1. The van der Waals surface area contributed by atoms with Crippen LogP contribution in [0.25, 0.3) is 22.2 Å². The smallest absolute Gasteiger partial charge is 0.237 e. The van der Waals surface area contributed by atoms with Gasteiger partial charge >= 0.3 is 0 Å². The van der Waals surface area contributed by atoms with Gasteiger partial charge in [0.15, 0.2) is 12.2 Å². The summed E-state index contributed by atoms with van der Waals surface area (Å²) in [6.07, 6.45) is 6.36. The van der Waals surface area contributed by atoms with Crippen LogP contribution in [0.4, 0.5) is 17.2 Å². The summed E-state index contributed by atoms with van der Waals surface area (Å²) in [6.45, 7) is 2.40. The molecule has 1 fully saturated rings. The number of nitrogens with one attached hydrogen (secondary N) is 3. The zero-order valence-electron chi connectivity index (χ0n) is 20.9. The number of aromatic amines is 1. The van der Waals surface area contributed by atoms with E-state index in [9.17, 15) is 4.79 Å². The molecule has 3 aromatic heterocycles. The van der Waals surface area contributed by atoms with E-state index in [0.717, 1.165) is 39.9 Å². The van der Waals surface area contributed by atoms with Crippen molar-refractivity contribution >= 4 is 34.5 Å². The van der Waals surface area contributed by atoms with Crippen LogP contribution in [0, 0.1) is 0 Å². The lowest BCUT2D eigenvalue weighted by Crippen LogP contribution is -2.01. The summed E-state index contributed by atoms with van der Waals surface area (Å²) in [6, 6.07) is 14.0. The van der Waals surface area contributed by atoms with Crippen molar-refractivity contribution in [3.05, 3.63) is 72.4 Å². The number of methoxy groups -OCH3 is 1. The SMILES string of the molecule is CCOc1ncc(-c2cocn2)cc1Nc1n[nH]c2cc(C3CC3c3cc(OC)ccc3NC=O)ccc12. The maximum atomic E-state index is 11.1. The third-order valence-electron chi connectivity index (χ3n) is 6.79. The first-order valence-corrected chi connectivity index (χ1v) is 12.3. The van der Waals surface area contributed by atoms with Gasteiger partial charge in [-0.05, 0) is 72.7 Å². The molecule has 2 unspecified atom stereocenters. The Hall–Kier alpha value is -4.86. The molecule has 10 nitrogen and oxygen atoms in total. The normalized spacial score (nSPS) is 16.3. The highest BCUT2D eigenvalue weighted by Gasteiger charge is 2.41. The number of carbonyl (C=O) groups excluding carboxylic acids is 1. The van der Waals surface area contributed by atoms with Gasteiger partial charge in [0.1, 0.15) is 23.4 Å². The number of pyridine rings is 1. The quantitative estimate of drug-likeness (QED) is 0.207. The fourth-order valence-electron chi connectivity index (χ4n) is 4.86. The zero-order valence-corrected chi connectivity index (χ0v) is 20.9. The van der Waals surface area contributed by atoms with Crippen LogP contribution in [0.3, 0.4) is 0 Å². The summed E-state index contributed by atoms with van der Waals surface area (Å²) in [5.74, 6) is 2.56. The maximum Gasteiger partial charge on any atom is 0.237 e. The Morgan fingerprint density at radius 2 is 2.05 bits per heavy atom. The van der Waals surface area contributed by atoms with Gasteiger partial charge in [0.05, 0.1) is 19.2 Å². The Morgan fingerprint density at radius 3 is 2.84 bits per heavy atom. The molecule has 1 amide bonds. The molecule has 5 aromatic rings. The van der Waals surface area contributed by atoms with Crippen LogP contribution in [0.1, 0.15) is 36.3 Å². The zero-order chi connectivity index (χ0) is 26.1. The Labute approximate surface area is 218 Å². The fourth-order valence-corrected chi connectivity index (χ4v) is 4.86. The van der Waals surface area contributed by atoms with E-state index in [0.29, 0.717) is 47.9 Å². The van der Waals surface area contributed by atoms with Gasteiger partial charge in [0, 0.05) is 22.8 Å². The molecule has 6 rings (SSSR count). The molecule has 0 spiro atoms. The van der Waals surface area contributed by atoms with Crippen LogP contribution < -0.4 is 20.1 Å². The number of aromatic nitrogens is 4. The van der Waals surface area contributed by atoms with Crippen molar-refractivity contribution < 1.29 is 18.7 Å². The number of H-pyrrole nitrogens is 1. The summed E-state index contributed by atoms with van der Waals surface area (Å²) in [7, 11) is 1.64. The largest absolute Gasteiger partial charge is 0.497 e. The van der Waals surface area contributed by atoms with Gasteiger partial charge in [0.2, 0.25) is 12.3 Å². The minimum absolute atomic E-state index is 0.296. The minimum Gasteiger partial charge on any atom is -0.497 e. The van der Waals surface area contributed by atoms with Gasteiger partial charge in [-0.2, -0.15) is 5.10 Å². The molecule has 2 atom stereocenters. The molecule has 3 N–H and O–H groups in total. The highest BCUT2D eigenvalue weighted by Crippen LogP contribution is 2.57. The number of benzene rings is 2. The number of nitrogens with zero attached hydrogens (tertiary/aromatic N) is 3. The molecule has 0 radical (unpaired) electrons. The molecule has 0 aliphatic heterocycles. The van der Waals surface area contributed by atoms with Crippen LogP contribution in [0.5, 0.6) is 11.6 Å². The number of amides is 1. The number of fused-ring (bicyclic) bond motifs is 1.